The summed E-state index contributed by atoms with van der Waals surface area (Å²) in [5, 5.41) is 20.2. The Balaban J connectivity index is 1.75. The summed E-state index contributed by atoms with van der Waals surface area (Å²) in [4.78, 5) is 12.3. The van der Waals surface area contributed by atoms with Gasteiger partial charge in [-0.3, -0.25) is 0 Å². The van der Waals surface area contributed by atoms with Gasteiger partial charge >= 0.3 is 12.3 Å². The van der Waals surface area contributed by atoms with E-state index < -0.39 is 23.4 Å². The molecule has 0 aliphatic heterocycles. The summed E-state index contributed by atoms with van der Waals surface area (Å²) in [6.07, 6.45) is -3.74. The Labute approximate surface area is 192 Å². The van der Waals surface area contributed by atoms with Crippen molar-refractivity contribution in [1.29, 1.82) is 5.41 Å². The van der Waals surface area contributed by atoms with Crippen molar-refractivity contribution < 1.29 is 33.1 Å². The Morgan fingerprint density at radius 1 is 1.06 bits per heavy atom. The standard InChI is InChI=1S/C25H20F3N3O3/c1-31-15-20(19-9-5-6-10-22(19)31)24(33,25(26,27)28)17-11-12-21(16(13-17)14-29)30-23(32)34-18-7-3-2-4-8-18/h2-15,29,33H,1H3,(H,30,32)/p+1. The lowest BCUT2D eigenvalue weighted by Gasteiger charge is -2.31. The van der Waals surface area contributed by atoms with Gasteiger partial charge in [0.1, 0.15) is 11.4 Å². The van der Waals surface area contributed by atoms with Gasteiger partial charge in [-0.1, -0.05) is 36.4 Å². The zero-order chi connectivity index (χ0) is 24.5. The number of primary amides is 1. The predicted octanol–water partition coefficient (Wildman–Crippen LogP) is 4.37. The molecule has 1 amide bonds. The summed E-state index contributed by atoms with van der Waals surface area (Å²) >= 11 is 0. The number of nitrogens with zero attached hydrogens (tertiary/aromatic N) is 1. The molecule has 0 saturated carbocycles. The van der Waals surface area contributed by atoms with Crippen molar-refractivity contribution in [2.24, 2.45) is 7.05 Å². The number of fused-ring (bicyclic) bond motifs is 1. The number of hydrogen-bond acceptors (Lipinski definition) is 4. The molecule has 174 valence electrons. The molecular weight excluding hydrogens is 447 g/mol. The van der Waals surface area contributed by atoms with E-state index in [1.165, 1.54) is 22.9 Å². The number of nitrogens with two attached hydrogens (primary N) is 1. The molecular formula is C25H21F3N3O3+. The number of aromatic nitrogens is 1. The molecule has 0 fully saturated rings. The molecule has 0 aliphatic rings. The van der Waals surface area contributed by atoms with Crippen LogP contribution in [0.5, 0.6) is 5.75 Å². The lowest BCUT2D eigenvalue weighted by atomic mass is 9.84. The van der Waals surface area contributed by atoms with E-state index in [-0.39, 0.29) is 22.2 Å². The summed E-state index contributed by atoms with van der Waals surface area (Å²) in [7, 11) is 1.60. The molecule has 6 nitrogen and oxygen atoms in total. The first kappa shape index (κ1) is 23.2. The van der Waals surface area contributed by atoms with Crippen molar-refractivity contribution in [3.63, 3.8) is 0 Å². The highest BCUT2D eigenvalue weighted by molar-refractivity contribution is 5.87. The second-order valence-corrected chi connectivity index (χ2v) is 7.75. The summed E-state index contributed by atoms with van der Waals surface area (Å²) in [6.45, 7) is 0. The van der Waals surface area contributed by atoms with E-state index in [0.717, 1.165) is 23.7 Å². The van der Waals surface area contributed by atoms with Crippen LogP contribution in [0.1, 0.15) is 16.7 Å². The minimum absolute atomic E-state index is 0.0189. The highest BCUT2D eigenvalue weighted by Crippen LogP contribution is 2.47. The third-order valence-corrected chi connectivity index (χ3v) is 5.59. The summed E-state index contributed by atoms with van der Waals surface area (Å²) in [5.41, 5.74) is -3.40. The summed E-state index contributed by atoms with van der Waals surface area (Å²) < 4.78 is 49.9. The van der Waals surface area contributed by atoms with Crippen LogP contribution in [0.3, 0.4) is 0 Å². The van der Waals surface area contributed by atoms with Crippen molar-refractivity contribution in [1.82, 2.24) is 4.57 Å². The van der Waals surface area contributed by atoms with Crippen LogP contribution in [0.4, 0.5) is 23.7 Å². The number of benzene rings is 3. The molecule has 0 saturated heterocycles. The van der Waals surface area contributed by atoms with Gasteiger partial charge < -0.3 is 19.8 Å². The van der Waals surface area contributed by atoms with Gasteiger partial charge in [0.05, 0.1) is 5.56 Å². The number of nitrogens with one attached hydrogen (secondary N) is 1. The number of aryl methyl sites for hydroxylation is 1. The van der Waals surface area contributed by atoms with Gasteiger partial charge in [-0.25, -0.2) is 5.32 Å². The molecule has 4 aromatic rings. The van der Waals surface area contributed by atoms with Crippen LogP contribution in [0.15, 0.2) is 79.0 Å². The number of amides is 1. The van der Waals surface area contributed by atoms with Crippen LogP contribution >= 0.6 is 0 Å². The maximum atomic E-state index is 14.4. The Bertz CT molecular complexity index is 1370. The molecule has 0 bridgehead atoms. The molecule has 3 aromatic carbocycles. The van der Waals surface area contributed by atoms with E-state index in [2.05, 4.69) is 0 Å². The smallest absolute Gasteiger partial charge is 0.381 e. The Morgan fingerprint density at radius 3 is 2.41 bits per heavy atom. The Kier molecular flexibility index (Phi) is 5.99. The van der Waals surface area contributed by atoms with E-state index in [1.54, 1.807) is 55.6 Å². The van der Waals surface area contributed by atoms with Gasteiger partial charge in [-0.2, -0.15) is 18.0 Å². The number of carbonyl (C=O) groups is 1. The molecule has 4 N–H and O–H groups in total. The quantitative estimate of drug-likeness (QED) is 0.300. The van der Waals surface area contributed by atoms with Crippen LogP contribution in [-0.2, 0) is 12.6 Å². The van der Waals surface area contributed by atoms with Crippen molar-refractivity contribution in [3.8, 4) is 5.75 Å². The molecule has 1 atom stereocenters. The van der Waals surface area contributed by atoms with Crippen molar-refractivity contribution in [2.45, 2.75) is 11.8 Å². The fourth-order valence-corrected chi connectivity index (χ4v) is 3.92. The fourth-order valence-electron chi connectivity index (χ4n) is 3.92. The van der Waals surface area contributed by atoms with E-state index in [1.807, 2.05) is 0 Å². The number of ether oxygens (including phenoxy) is 1. The second kappa shape index (κ2) is 8.77. The number of carbonyl (C=O) groups excluding carboxylic acids is 1. The van der Waals surface area contributed by atoms with E-state index in [0.29, 0.717) is 11.3 Å². The van der Waals surface area contributed by atoms with Gasteiger partial charge in [-0.15, -0.1) is 0 Å². The average molecular weight is 468 g/mol. The molecule has 1 heterocycles. The van der Waals surface area contributed by atoms with E-state index >= 15 is 0 Å². The number of aliphatic hydroxyl groups is 1. The van der Waals surface area contributed by atoms with Gasteiger partial charge in [0.2, 0.25) is 5.60 Å². The molecule has 1 unspecified atom stereocenters. The van der Waals surface area contributed by atoms with Gasteiger partial charge in [0, 0.05) is 42.0 Å². The lowest BCUT2D eigenvalue weighted by molar-refractivity contribution is -0.477. The minimum atomic E-state index is -5.06. The zero-order valence-corrected chi connectivity index (χ0v) is 18.0. The van der Waals surface area contributed by atoms with Crippen LogP contribution < -0.4 is 10.1 Å². The molecule has 0 radical (unpaired) electrons. The topological polar surface area (TPSA) is 91.9 Å². The number of rotatable bonds is 5. The van der Waals surface area contributed by atoms with Gasteiger partial charge in [0.25, 0.3) is 0 Å². The largest absolute Gasteiger partial charge is 0.523 e. The highest BCUT2D eigenvalue weighted by Gasteiger charge is 2.57. The Hall–Kier alpha value is -3.95. The third-order valence-electron chi connectivity index (χ3n) is 5.59. The minimum Gasteiger partial charge on any atom is -0.381 e. The number of halogens is 3. The van der Waals surface area contributed by atoms with E-state index in [9.17, 15) is 23.1 Å². The lowest BCUT2D eigenvalue weighted by Crippen LogP contribution is -2.83. The molecule has 9 heteroatoms. The molecule has 34 heavy (non-hydrogen) atoms. The van der Waals surface area contributed by atoms with Crippen molar-refractivity contribution in [2.75, 3.05) is 0 Å². The maximum Gasteiger partial charge on any atom is 0.523 e. The first-order valence-corrected chi connectivity index (χ1v) is 10.3. The van der Waals surface area contributed by atoms with Crippen LogP contribution in [0.2, 0.25) is 0 Å². The first-order chi connectivity index (χ1) is 16.1. The summed E-state index contributed by atoms with van der Waals surface area (Å²) in [5.74, 6) is 0.305. The molecule has 1 aromatic heterocycles. The third kappa shape index (κ3) is 4.07. The maximum absolute atomic E-state index is 14.4. The molecule has 0 aliphatic carbocycles. The first-order valence-electron chi connectivity index (χ1n) is 10.3. The van der Waals surface area contributed by atoms with Crippen molar-refractivity contribution in [3.05, 3.63) is 95.7 Å². The number of hydrogen-bond donors (Lipinski definition) is 3. The van der Waals surface area contributed by atoms with Gasteiger partial charge in [-0.05, 0) is 35.9 Å². The van der Waals surface area contributed by atoms with Gasteiger partial charge in [0.15, 0.2) is 0 Å². The number of quaternary nitrogens is 1. The summed E-state index contributed by atoms with van der Waals surface area (Å²) in [6, 6.07) is 18.2. The molecule has 4 rings (SSSR count). The Morgan fingerprint density at radius 2 is 1.74 bits per heavy atom. The van der Waals surface area contributed by atoms with Crippen molar-refractivity contribution >= 4 is 28.9 Å². The highest BCUT2D eigenvalue weighted by atomic mass is 19.4. The van der Waals surface area contributed by atoms with Crippen LogP contribution in [0, 0.1) is 5.41 Å². The van der Waals surface area contributed by atoms with Crippen LogP contribution in [-0.4, -0.2) is 28.2 Å². The average Bonchev–Trinajstić information content (AvgIpc) is 3.15. The second-order valence-electron chi connectivity index (χ2n) is 7.75. The number of para-hydroxylation sites is 2. The number of alkyl halides is 3. The zero-order valence-electron chi connectivity index (χ0n) is 18.0. The van der Waals surface area contributed by atoms with Crippen LogP contribution in [0.25, 0.3) is 10.9 Å². The SMILES string of the molecule is Cn1cc(C(O)(c2ccc([NH2+]C(=O)Oc3ccccc3)c(C=N)c2)C(F)(F)F)c2ccccc21. The molecule has 0 spiro atoms. The fraction of sp³-hybridized carbons (Fsp3) is 0.120. The predicted molar refractivity (Wildman–Crippen MR) is 120 cm³/mol. The monoisotopic (exact) mass is 468 g/mol. The van der Waals surface area contributed by atoms with E-state index in [4.69, 9.17) is 10.1 Å². The normalized spacial score (nSPS) is 13.4.